The minimum absolute atomic E-state index is 0.227. The predicted molar refractivity (Wildman–Crippen MR) is 92.1 cm³/mol. The highest BCUT2D eigenvalue weighted by atomic mass is 19.1. The molecule has 3 rings (SSSR count). The van der Waals surface area contributed by atoms with Crippen molar-refractivity contribution in [1.82, 2.24) is 0 Å². The number of carbonyl (C=O) groups is 1. The number of likely N-dealkylation sites (N-methyl/N-ethyl adjacent to an activating group) is 1. The highest BCUT2D eigenvalue weighted by molar-refractivity contribution is 6.02. The van der Waals surface area contributed by atoms with E-state index < -0.39 is 0 Å². The van der Waals surface area contributed by atoms with Crippen LogP contribution in [0.15, 0.2) is 48.5 Å². The summed E-state index contributed by atoms with van der Waals surface area (Å²) in [4.78, 5) is 14.3. The second-order valence-electron chi connectivity index (χ2n) is 5.55. The first-order valence-corrected chi connectivity index (χ1v) is 7.78. The zero-order chi connectivity index (χ0) is 16.2. The van der Waals surface area contributed by atoms with E-state index in [1.807, 2.05) is 12.1 Å². The van der Waals surface area contributed by atoms with Crippen molar-refractivity contribution < 1.29 is 9.18 Å². The van der Waals surface area contributed by atoms with Crippen molar-refractivity contribution in [3.63, 3.8) is 0 Å². The fourth-order valence-corrected chi connectivity index (χ4v) is 2.82. The number of amides is 1. The van der Waals surface area contributed by atoms with Gasteiger partial charge in [0.15, 0.2) is 0 Å². The van der Waals surface area contributed by atoms with E-state index in [-0.39, 0.29) is 11.7 Å². The van der Waals surface area contributed by atoms with Gasteiger partial charge in [0.25, 0.3) is 0 Å². The number of fused-ring (bicyclic) bond motifs is 1. The average Bonchev–Trinajstić information content (AvgIpc) is 2.95. The van der Waals surface area contributed by atoms with Crippen LogP contribution in [0.1, 0.15) is 18.1 Å². The molecule has 0 unspecified atom stereocenters. The molecule has 2 aromatic carbocycles. The lowest BCUT2D eigenvalue weighted by Gasteiger charge is -2.17. The van der Waals surface area contributed by atoms with Crippen LogP contribution in [0, 0.1) is 5.82 Å². The second-order valence-corrected chi connectivity index (χ2v) is 5.55. The summed E-state index contributed by atoms with van der Waals surface area (Å²) in [5.41, 5.74) is 3.95. The number of hydrogen-bond acceptors (Lipinski definition) is 2. The summed E-state index contributed by atoms with van der Waals surface area (Å²) in [6, 6.07) is 12.1. The third kappa shape index (κ3) is 3.59. The summed E-state index contributed by atoms with van der Waals surface area (Å²) >= 11 is 0. The topological polar surface area (TPSA) is 32.3 Å². The molecule has 1 heterocycles. The molecule has 0 aromatic heterocycles. The van der Waals surface area contributed by atoms with Crippen LogP contribution in [0.25, 0.3) is 6.08 Å². The van der Waals surface area contributed by atoms with Gasteiger partial charge in [-0.05, 0) is 54.8 Å². The third-order valence-corrected chi connectivity index (χ3v) is 4.00. The molecule has 0 atom stereocenters. The number of carbonyl (C=O) groups excluding carboxylic acids is 1. The molecule has 1 aliphatic rings. The van der Waals surface area contributed by atoms with Crippen molar-refractivity contribution in [3.8, 4) is 0 Å². The quantitative estimate of drug-likeness (QED) is 0.870. The van der Waals surface area contributed by atoms with Crippen LogP contribution in [0.4, 0.5) is 15.8 Å². The zero-order valence-corrected chi connectivity index (χ0v) is 13.1. The summed E-state index contributed by atoms with van der Waals surface area (Å²) in [6.45, 7) is 4.12. The Kier molecular flexibility index (Phi) is 4.42. The fraction of sp³-hybridized carbons (Fsp3) is 0.211. The smallest absolute Gasteiger partial charge is 0.248 e. The maximum absolute atomic E-state index is 13.1. The van der Waals surface area contributed by atoms with Gasteiger partial charge in [-0.2, -0.15) is 0 Å². The van der Waals surface area contributed by atoms with Gasteiger partial charge in [0.2, 0.25) is 5.91 Å². The van der Waals surface area contributed by atoms with Gasteiger partial charge >= 0.3 is 0 Å². The van der Waals surface area contributed by atoms with Gasteiger partial charge in [-0.25, -0.2) is 4.39 Å². The molecule has 4 heteroatoms. The molecule has 1 aliphatic heterocycles. The van der Waals surface area contributed by atoms with E-state index >= 15 is 0 Å². The monoisotopic (exact) mass is 310 g/mol. The first kappa shape index (κ1) is 15.3. The Balaban J connectivity index is 1.69. The molecule has 1 N–H and O–H groups in total. The van der Waals surface area contributed by atoms with Crippen LogP contribution in [0.2, 0.25) is 0 Å². The summed E-state index contributed by atoms with van der Waals surface area (Å²) in [6.07, 6.45) is 4.07. The number of halogens is 1. The van der Waals surface area contributed by atoms with Gasteiger partial charge in [-0.3, -0.25) is 4.79 Å². The lowest BCUT2D eigenvalue weighted by molar-refractivity contribution is -0.111. The number of benzene rings is 2. The maximum atomic E-state index is 13.1. The Morgan fingerprint density at radius 1 is 1.30 bits per heavy atom. The summed E-state index contributed by atoms with van der Waals surface area (Å²) in [5.74, 6) is -0.541. The summed E-state index contributed by atoms with van der Waals surface area (Å²) in [7, 11) is 0. The van der Waals surface area contributed by atoms with Gasteiger partial charge in [0, 0.05) is 30.5 Å². The highest BCUT2D eigenvalue weighted by Gasteiger charge is 2.17. The minimum atomic E-state index is -0.314. The van der Waals surface area contributed by atoms with Crippen LogP contribution >= 0.6 is 0 Å². The molecule has 0 bridgehead atoms. The van der Waals surface area contributed by atoms with Gasteiger partial charge in [-0.15, -0.1) is 0 Å². The van der Waals surface area contributed by atoms with Crippen LogP contribution < -0.4 is 10.2 Å². The molecular weight excluding hydrogens is 291 g/mol. The van der Waals surface area contributed by atoms with Crippen LogP contribution in [0.3, 0.4) is 0 Å². The van der Waals surface area contributed by atoms with Gasteiger partial charge in [-0.1, -0.05) is 18.2 Å². The number of hydrogen-bond donors (Lipinski definition) is 1. The molecule has 0 saturated carbocycles. The van der Waals surface area contributed by atoms with E-state index in [1.54, 1.807) is 18.2 Å². The van der Waals surface area contributed by atoms with Crippen molar-refractivity contribution in [2.45, 2.75) is 13.3 Å². The molecule has 0 saturated heterocycles. The van der Waals surface area contributed by atoms with E-state index in [1.165, 1.54) is 29.5 Å². The Morgan fingerprint density at radius 3 is 2.96 bits per heavy atom. The van der Waals surface area contributed by atoms with Crippen LogP contribution in [-0.2, 0) is 11.2 Å². The standard InChI is InChI=1S/C19H19FN2O/c1-2-22-11-10-15-7-8-17(13-18(15)22)21-19(23)9-6-14-4-3-5-16(20)12-14/h3-9,12-13H,2,10-11H2,1H3,(H,21,23)/b9-6+. The second kappa shape index (κ2) is 6.65. The van der Waals surface area contributed by atoms with Crippen molar-refractivity contribution in [3.05, 3.63) is 65.5 Å². The van der Waals surface area contributed by atoms with E-state index in [9.17, 15) is 9.18 Å². The van der Waals surface area contributed by atoms with Crippen LogP contribution in [0.5, 0.6) is 0 Å². The van der Waals surface area contributed by atoms with Crippen molar-refractivity contribution in [2.75, 3.05) is 23.3 Å². The largest absolute Gasteiger partial charge is 0.371 e. The Morgan fingerprint density at radius 2 is 2.17 bits per heavy atom. The third-order valence-electron chi connectivity index (χ3n) is 4.00. The Bertz CT molecular complexity index is 755. The molecule has 2 aromatic rings. The zero-order valence-electron chi connectivity index (χ0n) is 13.1. The molecule has 0 fully saturated rings. The predicted octanol–water partition coefficient (Wildman–Crippen LogP) is 3.86. The van der Waals surface area contributed by atoms with Gasteiger partial charge < -0.3 is 10.2 Å². The summed E-state index contributed by atoms with van der Waals surface area (Å²) in [5, 5.41) is 2.85. The molecule has 23 heavy (non-hydrogen) atoms. The molecule has 0 radical (unpaired) electrons. The van der Waals surface area contributed by atoms with Gasteiger partial charge in [0.1, 0.15) is 5.82 Å². The summed E-state index contributed by atoms with van der Waals surface area (Å²) < 4.78 is 13.1. The first-order valence-electron chi connectivity index (χ1n) is 7.78. The normalized spacial score (nSPS) is 13.4. The molecule has 1 amide bonds. The highest BCUT2D eigenvalue weighted by Crippen LogP contribution is 2.30. The first-order chi connectivity index (χ1) is 11.2. The number of nitrogens with one attached hydrogen (secondary N) is 1. The molecule has 3 nitrogen and oxygen atoms in total. The SMILES string of the molecule is CCN1CCc2ccc(NC(=O)/C=C/c3cccc(F)c3)cc21. The van der Waals surface area contributed by atoms with Crippen molar-refractivity contribution in [2.24, 2.45) is 0 Å². The van der Waals surface area contributed by atoms with E-state index in [0.29, 0.717) is 5.56 Å². The van der Waals surface area contributed by atoms with E-state index in [2.05, 4.69) is 23.2 Å². The van der Waals surface area contributed by atoms with Crippen molar-refractivity contribution >= 4 is 23.4 Å². The number of anilines is 2. The fourth-order valence-electron chi connectivity index (χ4n) is 2.82. The van der Waals surface area contributed by atoms with E-state index in [4.69, 9.17) is 0 Å². The minimum Gasteiger partial charge on any atom is -0.371 e. The molecule has 0 aliphatic carbocycles. The molecule has 118 valence electrons. The van der Waals surface area contributed by atoms with E-state index in [0.717, 1.165) is 25.2 Å². The maximum Gasteiger partial charge on any atom is 0.248 e. The number of rotatable bonds is 4. The lowest BCUT2D eigenvalue weighted by atomic mass is 10.1. The molecule has 0 spiro atoms. The van der Waals surface area contributed by atoms with Crippen LogP contribution in [-0.4, -0.2) is 19.0 Å². The Labute approximate surface area is 135 Å². The lowest BCUT2D eigenvalue weighted by Crippen LogP contribution is -2.19. The van der Waals surface area contributed by atoms with Crippen molar-refractivity contribution in [1.29, 1.82) is 0 Å². The average molecular weight is 310 g/mol. The Hall–Kier alpha value is -2.62. The van der Waals surface area contributed by atoms with Gasteiger partial charge in [0.05, 0.1) is 0 Å². The number of nitrogens with zero attached hydrogens (tertiary/aromatic N) is 1. The molecular formula is C19H19FN2O.